The summed E-state index contributed by atoms with van der Waals surface area (Å²) in [6.07, 6.45) is 17.4. The minimum atomic E-state index is 0.942. The molecule has 1 atom stereocenters. The van der Waals surface area contributed by atoms with Crippen LogP contribution in [0.1, 0.15) is 90.9 Å². The van der Waals surface area contributed by atoms with Gasteiger partial charge in [-0.1, -0.05) is 71.6 Å². The zero-order valence-corrected chi connectivity index (χ0v) is 13.6. The van der Waals surface area contributed by atoms with Gasteiger partial charge in [-0.3, -0.25) is 0 Å². The summed E-state index contributed by atoms with van der Waals surface area (Å²) < 4.78 is 0. The average Bonchev–Trinajstić information content (AvgIpc) is 2.41. The van der Waals surface area contributed by atoms with Gasteiger partial charge in [0.05, 0.1) is 0 Å². The third-order valence-electron chi connectivity index (χ3n) is 4.57. The molecule has 1 saturated heterocycles. The van der Waals surface area contributed by atoms with E-state index in [2.05, 4.69) is 18.7 Å². The first-order valence-corrected chi connectivity index (χ1v) is 9.05. The molecule has 1 heterocycles. The summed E-state index contributed by atoms with van der Waals surface area (Å²) in [6, 6.07) is 0. The van der Waals surface area contributed by atoms with Gasteiger partial charge in [0, 0.05) is 6.54 Å². The molecular weight excluding hydrogens is 230 g/mol. The first kappa shape index (κ1) is 17.0. The van der Waals surface area contributed by atoms with Crippen molar-refractivity contribution in [2.24, 2.45) is 5.92 Å². The first-order chi connectivity index (χ1) is 9.33. The molecule has 0 spiro atoms. The van der Waals surface area contributed by atoms with Crippen LogP contribution in [0.2, 0.25) is 0 Å². The number of rotatable bonds is 11. The van der Waals surface area contributed by atoms with E-state index in [9.17, 15) is 0 Å². The van der Waals surface area contributed by atoms with Gasteiger partial charge in [0.1, 0.15) is 0 Å². The van der Waals surface area contributed by atoms with E-state index in [4.69, 9.17) is 0 Å². The van der Waals surface area contributed by atoms with Crippen LogP contribution in [0.3, 0.4) is 0 Å². The Labute approximate surface area is 122 Å². The van der Waals surface area contributed by atoms with Crippen molar-refractivity contribution in [3.8, 4) is 0 Å². The molecule has 0 amide bonds. The van der Waals surface area contributed by atoms with Crippen molar-refractivity contribution in [1.82, 2.24) is 4.90 Å². The fourth-order valence-corrected chi connectivity index (χ4v) is 3.31. The van der Waals surface area contributed by atoms with Gasteiger partial charge in [-0.15, -0.1) is 0 Å². The number of hydrogen-bond acceptors (Lipinski definition) is 1. The van der Waals surface area contributed by atoms with Gasteiger partial charge in [-0.2, -0.15) is 0 Å². The number of nitrogens with zero attached hydrogens (tertiary/aromatic N) is 1. The third kappa shape index (κ3) is 9.49. The Kier molecular flexibility index (Phi) is 10.5. The lowest BCUT2D eigenvalue weighted by Gasteiger charge is -2.30. The zero-order valence-electron chi connectivity index (χ0n) is 13.6. The largest absolute Gasteiger partial charge is 0.303 e. The summed E-state index contributed by atoms with van der Waals surface area (Å²) in [5.74, 6) is 0.942. The molecule has 1 fully saturated rings. The van der Waals surface area contributed by atoms with Crippen molar-refractivity contribution in [3.05, 3.63) is 0 Å². The molecule has 0 N–H and O–H groups in total. The predicted molar refractivity (Wildman–Crippen MR) is 86.7 cm³/mol. The van der Waals surface area contributed by atoms with Crippen LogP contribution in [-0.2, 0) is 0 Å². The van der Waals surface area contributed by atoms with Crippen LogP contribution < -0.4 is 0 Å². The molecule has 1 heteroatoms. The molecule has 1 aliphatic rings. The highest BCUT2D eigenvalue weighted by atomic mass is 15.1. The van der Waals surface area contributed by atoms with Crippen molar-refractivity contribution in [3.63, 3.8) is 0 Å². The molecule has 0 aromatic carbocycles. The van der Waals surface area contributed by atoms with Crippen LogP contribution in [0.4, 0.5) is 0 Å². The van der Waals surface area contributed by atoms with Gasteiger partial charge in [-0.05, 0) is 38.3 Å². The lowest BCUT2D eigenvalue weighted by atomic mass is 10.00. The standard InChI is InChI=1S/C18H37N/c1-3-4-5-6-7-8-9-10-11-12-15-19-16-13-14-18(2)17-19/h18H,3-17H2,1-2H3/t18-/m1/s1. The molecule has 0 radical (unpaired) electrons. The average molecular weight is 268 g/mol. The second-order valence-electron chi connectivity index (χ2n) is 6.73. The van der Waals surface area contributed by atoms with Crippen molar-refractivity contribution < 1.29 is 0 Å². The lowest BCUT2D eigenvalue weighted by molar-refractivity contribution is 0.180. The molecule has 1 nitrogen and oxygen atoms in total. The minimum absolute atomic E-state index is 0.942. The Morgan fingerprint density at radius 1 is 0.842 bits per heavy atom. The minimum Gasteiger partial charge on any atom is -0.303 e. The van der Waals surface area contributed by atoms with E-state index in [-0.39, 0.29) is 0 Å². The maximum absolute atomic E-state index is 2.69. The smallest absolute Gasteiger partial charge is 0.000703 e. The highest BCUT2D eigenvalue weighted by molar-refractivity contribution is 4.69. The highest BCUT2D eigenvalue weighted by Crippen LogP contribution is 2.16. The van der Waals surface area contributed by atoms with Gasteiger partial charge in [0.25, 0.3) is 0 Å². The van der Waals surface area contributed by atoms with Crippen LogP contribution in [0.5, 0.6) is 0 Å². The molecule has 0 aromatic rings. The van der Waals surface area contributed by atoms with Crippen molar-refractivity contribution in [2.75, 3.05) is 19.6 Å². The summed E-state index contributed by atoms with van der Waals surface area (Å²) in [6.45, 7) is 8.79. The van der Waals surface area contributed by atoms with Gasteiger partial charge < -0.3 is 4.90 Å². The Morgan fingerprint density at radius 3 is 2.00 bits per heavy atom. The summed E-state index contributed by atoms with van der Waals surface area (Å²) in [4.78, 5) is 2.69. The molecular formula is C18H37N. The van der Waals surface area contributed by atoms with Crippen LogP contribution in [0.15, 0.2) is 0 Å². The van der Waals surface area contributed by atoms with Gasteiger partial charge in [-0.25, -0.2) is 0 Å². The lowest BCUT2D eigenvalue weighted by Crippen LogP contribution is -2.34. The van der Waals surface area contributed by atoms with Crippen LogP contribution >= 0.6 is 0 Å². The molecule has 19 heavy (non-hydrogen) atoms. The Bertz CT molecular complexity index is 190. The molecule has 0 bridgehead atoms. The summed E-state index contributed by atoms with van der Waals surface area (Å²) >= 11 is 0. The van der Waals surface area contributed by atoms with E-state index in [1.807, 2.05) is 0 Å². The molecule has 1 rings (SSSR count). The van der Waals surface area contributed by atoms with Crippen LogP contribution in [0, 0.1) is 5.92 Å². The summed E-state index contributed by atoms with van der Waals surface area (Å²) in [7, 11) is 0. The van der Waals surface area contributed by atoms with E-state index in [1.54, 1.807) is 0 Å². The Balaban J connectivity index is 1.78. The fourth-order valence-electron chi connectivity index (χ4n) is 3.31. The number of piperidine rings is 1. The normalized spacial score (nSPS) is 20.8. The maximum Gasteiger partial charge on any atom is 0.000703 e. The van der Waals surface area contributed by atoms with Crippen LogP contribution in [-0.4, -0.2) is 24.5 Å². The van der Waals surface area contributed by atoms with Gasteiger partial charge in [0.2, 0.25) is 0 Å². The zero-order chi connectivity index (χ0) is 13.8. The second-order valence-corrected chi connectivity index (χ2v) is 6.73. The summed E-state index contributed by atoms with van der Waals surface area (Å²) in [5, 5.41) is 0. The topological polar surface area (TPSA) is 3.24 Å². The molecule has 1 aliphatic heterocycles. The molecule has 0 saturated carbocycles. The van der Waals surface area contributed by atoms with Crippen molar-refractivity contribution in [2.45, 2.75) is 90.9 Å². The number of hydrogen-bond donors (Lipinski definition) is 0. The van der Waals surface area contributed by atoms with Gasteiger partial charge in [0.15, 0.2) is 0 Å². The van der Waals surface area contributed by atoms with Crippen molar-refractivity contribution >= 4 is 0 Å². The maximum atomic E-state index is 2.69. The van der Waals surface area contributed by atoms with Crippen LogP contribution in [0.25, 0.3) is 0 Å². The predicted octanol–water partition coefficient (Wildman–Crippen LogP) is 5.64. The summed E-state index contributed by atoms with van der Waals surface area (Å²) in [5.41, 5.74) is 0. The second kappa shape index (κ2) is 11.8. The fraction of sp³-hybridized carbons (Fsp3) is 1.00. The van der Waals surface area contributed by atoms with E-state index < -0.39 is 0 Å². The van der Waals surface area contributed by atoms with Gasteiger partial charge >= 0.3 is 0 Å². The third-order valence-corrected chi connectivity index (χ3v) is 4.57. The molecule has 114 valence electrons. The molecule has 0 aromatic heterocycles. The van der Waals surface area contributed by atoms with E-state index in [0.717, 1.165) is 5.92 Å². The van der Waals surface area contributed by atoms with Crippen molar-refractivity contribution in [1.29, 1.82) is 0 Å². The monoisotopic (exact) mass is 267 g/mol. The van der Waals surface area contributed by atoms with E-state index in [0.29, 0.717) is 0 Å². The SMILES string of the molecule is CCCCCCCCCCCCN1CCC[C@@H](C)C1. The first-order valence-electron chi connectivity index (χ1n) is 9.05. The Hall–Kier alpha value is -0.0400. The number of unbranched alkanes of at least 4 members (excludes halogenated alkanes) is 9. The molecule has 0 unspecified atom stereocenters. The molecule has 0 aliphatic carbocycles. The van der Waals surface area contributed by atoms with E-state index >= 15 is 0 Å². The highest BCUT2D eigenvalue weighted by Gasteiger charge is 2.14. The quantitative estimate of drug-likeness (QED) is 0.438. The Morgan fingerprint density at radius 2 is 1.42 bits per heavy atom. The van der Waals surface area contributed by atoms with E-state index in [1.165, 1.54) is 96.7 Å². The number of likely N-dealkylation sites (tertiary alicyclic amines) is 1.